The van der Waals surface area contributed by atoms with Gasteiger partial charge in [0.1, 0.15) is 0 Å². The standard InChI is InChI=1S/C13H17N3/c1-9(2)11-5-3-10(4-6-11)7-12-8-15-13(14)16-12/h3-6,8-9H,7H2,1-2H3,(H3,14,15,16). The third-order valence-corrected chi connectivity index (χ3v) is 2.69. The van der Waals surface area contributed by atoms with Crippen molar-refractivity contribution in [2.75, 3.05) is 5.73 Å². The molecule has 0 saturated heterocycles. The highest BCUT2D eigenvalue weighted by Gasteiger charge is 2.01. The molecule has 1 heterocycles. The summed E-state index contributed by atoms with van der Waals surface area (Å²) in [5, 5.41) is 0. The number of nitrogens with two attached hydrogens (primary N) is 1. The van der Waals surface area contributed by atoms with Crippen molar-refractivity contribution in [2.24, 2.45) is 0 Å². The van der Waals surface area contributed by atoms with Gasteiger partial charge in [0.05, 0.1) is 6.20 Å². The van der Waals surface area contributed by atoms with Crippen molar-refractivity contribution in [1.29, 1.82) is 0 Å². The highest BCUT2D eigenvalue weighted by atomic mass is 15.0. The van der Waals surface area contributed by atoms with Crippen LogP contribution in [0.1, 0.15) is 36.6 Å². The summed E-state index contributed by atoms with van der Waals surface area (Å²) in [7, 11) is 0. The van der Waals surface area contributed by atoms with Gasteiger partial charge in [-0.2, -0.15) is 0 Å². The largest absolute Gasteiger partial charge is 0.369 e. The highest BCUT2D eigenvalue weighted by molar-refractivity contribution is 5.29. The zero-order valence-electron chi connectivity index (χ0n) is 9.70. The highest BCUT2D eigenvalue weighted by Crippen LogP contribution is 2.16. The van der Waals surface area contributed by atoms with Crippen LogP contribution in [0.15, 0.2) is 30.5 Å². The zero-order valence-corrected chi connectivity index (χ0v) is 9.70. The first-order valence-electron chi connectivity index (χ1n) is 5.53. The number of hydrogen-bond donors (Lipinski definition) is 2. The molecule has 84 valence electrons. The van der Waals surface area contributed by atoms with Crippen molar-refractivity contribution in [3.8, 4) is 0 Å². The maximum Gasteiger partial charge on any atom is 0.197 e. The van der Waals surface area contributed by atoms with Gasteiger partial charge in [-0.05, 0) is 17.0 Å². The van der Waals surface area contributed by atoms with E-state index in [0.29, 0.717) is 11.9 Å². The summed E-state index contributed by atoms with van der Waals surface area (Å²) in [4.78, 5) is 7.01. The Kier molecular flexibility index (Phi) is 2.95. The Balaban J connectivity index is 2.11. The average molecular weight is 215 g/mol. The number of anilines is 1. The molecule has 0 atom stereocenters. The fourth-order valence-electron chi connectivity index (χ4n) is 1.71. The first kappa shape index (κ1) is 10.7. The fourth-order valence-corrected chi connectivity index (χ4v) is 1.71. The van der Waals surface area contributed by atoms with E-state index in [-0.39, 0.29) is 0 Å². The third kappa shape index (κ3) is 2.42. The quantitative estimate of drug-likeness (QED) is 0.827. The summed E-state index contributed by atoms with van der Waals surface area (Å²) in [6, 6.07) is 8.68. The maximum atomic E-state index is 5.53. The summed E-state index contributed by atoms with van der Waals surface area (Å²) >= 11 is 0. The van der Waals surface area contributed by atoms with Gasteiger partial charge in [0.15, 0.2) is 5.95 Å². The molecule has 0 aliphatic carbocycles. The molecule has 2 aromatic rings. The molecule has 1 aromatic carbocycles. The molecule has 0 saturated carbocycles. The van der Waals surface area contributed by atoms with Crippen molar-refractivity contribution in [3.05, 3.63) is 47.3 Å². The SMILES string of the molecule is CC(C)c1ccc(Cc2cnc(N)[nH]2)cc1. The van der Waals surface area contributed by atoms with E-state index in [1.807, 2.05) is 0 Å². The Morgan fingerprint density at radius 3 is 2.44 bits per heavy atom. The summed E-state index contributed by atoms with van der Waals surface area (Å²) in [5.74, 6) is 1.06. The number of benzene rings is 1. The van der Waals surface area contributed by atoms with E-state index in [4.69, 9.17) is 5.73 Å². The van der Waals surface area contributed by atoms with Gasteiger partial charge in [0.25, 0.3) is 0 Å². The van der Waals surface area contributed by atoms with E-state index < -0.39 is 0 Å². The maximum absolute atomic E-state index is 5.53. The molecule has 3 nitrogen and oxygen atoms in total. The van der Waals surface area contributed by atoms with Gasteiger partial charge in [-0.1, -0.05) is 38.1 Å². The molecule has 0 aliphatic heterocycles. The summed E-state index contributed by atoms with van der Waals surface area (Å²) in [5.41, 5.74) is 9.22. The molecule has 3 N–H and O–H groups in total. The van der Waals surface area contributed by atoms with E-state index in [0.717, 1.165) is 12.1 Å². The smallest absolute Gasteiger partial charge is 0.197 e. The van der Waals surface area contributed by atoms with E-state index in [9.17, 15) is 0 Å². The van der Waals surface area contributed by atoms with Crippen molar-refractivity contribution in [2.45, 2.75) is 26.2 Å². The van der Waals surface area contributed by atoms with Gasteiger partial charge in [-0.15, -0.1) is 0 Å². The molecule has 0 aliphatic rings. The number of H-pyrrole nitrogens is 1. The number of aromatic amines is 1. The Hall–Kier alpha value is -1.77. The molecular formula is C13H17N3. The normalized spacial score (nSPS) is 10.9. The lowest BCUT2D eigenvalue weighted by Crippen LogP contribution is -1.92. The van der Waals surface area contributed by atoms with E-state index in [1.54, 1.807) is 6.20 Å². The van der Waals surface area contributed by atoms with Crippen molar-refractivity contribution in [3.63, 3.8) is 0 Å². The molecule has 0 radical (unpaired) electrons. The molecule has 16 heavy (non-hydrogen) atoms. The molecule has 3 heteroatoms. The topological polar surface area (TPSA) is 54.7 Å². The summed E-state index contributed by atoms with van der Waals surface area (Å²) < 4.78 is 0. The number of hydrogen-bond acceptors (Lipinski definition) is 2. The molecule has 0 spiro atoms. The molecule has 1 aromatic heterocycles. The second-order valence-electron chi connectivity index (χ2n) is 4.37. The van der Waals surface area contributed by atoms with E-state index in [1.165, 1.54) is 11.1 Å². The van der Waals surface area contributed by atoms with Gasteiger partial charge in [0, 0.05) is 12.1 Å². The minimum absolute atomic E-state index is 0.480. The van der Waals surface area contributed by atoms with Crippen LogP contribution in [0.25, 0.3) is 0 Å². The molecule has 2 rings (SSSR count). The minimum atomic E-state index is 0.480. The predicted molar refractivity (Wildman–Crippen MR) is 66.3 cm³/mol. The number of nitrogen functional groups attached to an aromatic ring is 1. The third-order valence-electron chi connectivity index (χ3n) is 2.69. The average Bonchev–Trinajstić information content (AvgIpc) is 2.65. The first-order valence-corrected chi connectivity index (χ1v) is 5.53. The Morgan fingerprint density at radius 1 is 1.25 bits per heavy atom. The van der Waals surface area contributed by atoms with Crippen LogP contribution in [0.3, 0.4) is 0 Å². The number of imidazole rings is 1. The molecule has 0 fully saturated rings. The van der Waals surface area contributed by atoms with Crippen LogP contribution in [0, 0.1) is 0 Å². The van der Waals surface area contributed by atoms with Gasteiger partial charge in [-0.25, -0.2) is 4.98 Å². The fraction of sp³-hybridized carbons (Fsp3) is 0.308. The Labute approximate surface area is 95.7 Å². The van der Waals surface area contributed by atoms with E-state index in [2.05, 4.69) is 48.1 Å². The van der Waals surface area contributed by atoms with Crippen LogP contribution >= 0.6 is 0 Å². The molecule has 0 amide bonds. The van der Waals surface area contributed by atoms with Gasteiger partial charge >= 0.3 is 0 Å². The van der Waals surface area contributed by atoms with Crippen LogP contribution in [0.5, 0.6) is 0 Å². The lowest BCUT2D eigenvalue weighted by Gasteiger charge is -2.06. The summed E-state index contributed by atoms with van der Waals surface area (Å²) in [6.07, 6.45) is 2.63. The summed E-state index contributed by atoms with van der Waals surface area (Å²) in [6.45, 7) is 4.40. The van der Waals surface area contributed by atoms with E-state index >= 15 is 0 Å². The van der Waals surface area contributed by atoms with Crippen molar-refractivity contribution >= 4 is 5.95 Å². The van der Waals surface area contributed by atoms with Crippen molar-refractivity contribution < 1.29 is 0 Å². The zero-order chi connectivity index (χ0) is 11.5. The van der Waals surface area contributed by atoms with Crippen LogP contribution in [-0.4, -0.2) is 9.97 Å². The number of nitrogens with zero attached hydrogens (tertiary/aromatic N) is 1. The van der Waals surface area contributed by atoms with Crippen molar-refractivity contribution in [1.82, 2.24) is 9.97 Å². The number of nitrogens with one attached hydrogen (secondary N) is 1. The Morgan fingerprint density at radius 2 is 1.94 bits per heavy atom. The first-order chi connectivity index (χ1) is 7.65. The number of aromatic nitrogens is 2. The molecule has 0 bridgehead atoms. The second kappa shape index (κ2) is 4.39. The predicted octanol–water partition coefficient (Wildman–Crippen LogP) is 2.71. The lowest BCUT2D eigenvalue weighted by molar-refractivity contribution is 0.865. The minimum Gasteiger partial charge on any atom is -0.369 e. The molecule has 0 unspecified atom stereocenters. The van der Waals surface area contributed by atoms with Gasteiger partial charge in [0.2, 0.25) is 0 Å². The Bertz CT molecular complexity index is 454. The van der Waals surface area contributed by atoms with Crippen LogP contribution < -0.4 is 5.73 Å². The lowest BCUT2D eigenvalue weighted by atomic mass is 10.0. The van der Waals surface area contributed by atoms with Gasteiger partial charge in [-0.3, -0.25) is 0 Å². The molecular weight excluding hydrogens is 198 g/mol. The van der Waals surface area contributed by atoms with Crippen LogP contribution in [-0.2, 0) is 6.42 Å². The second-order valence-corrected chi connectivity index (χ2v) is 4.37. The van der Waals surface area contributed by atoms with Crippen LogP contribution in [0.2, 0.25) is 0 Å². The van der Waals surface area contributed by atoms with Crippen LogP contribution in [0.4, 0.5) is 5.95 Å². The number of rotatable bonds is 3. The van der Waals surface area contributed by atoms with Gasteiger partial charge < -0.3 is 10.7 Å². The monoisotopic (exact) mass is 215 g/mol.